The SMILES string of the molecule is CC(N)CC(=O)N(C)CC(=O)Nc1ccc(Br)cn1. The molecule has 1 aromatic heterocycles. The largest absolute Gasteiger partial charge is 0.336 e. The van der Waals surface area contributed by atoms with E-state index in [0.717, 1.165) is 4.47 Å². The lowest BCUT2D eigenvalue weighted by molar-refractivity contribution is -0.133. The number of hydrogen-bond acceptors (Lipinski definition) is 4. The monoisotopic (exact) mass is 328 g/mol. The Labute approximate surface area is 120 Å². The molecule has 0 aliphatic carbocycles. The smallest absolute Gasteiger partial charge is 0.245 e. The minimum Gasteiger partial charge on any atom is -0.336 e. The number of halogens is 1. The Balaban J connectivity index is 2.46. The van der Waals surface area contributed by atoms with E-state index in [2.05, 4.69) is 26.2 Å². The number of aromatic nitrogens is 1. The molecule has 6 nitrogen and oxygen atoms in total. The van der Waals surface area contributed by atoms with Crippen LogP contribution in [0.5, 0.6) is 0 Å². The van der Waals surface area contributed by atoms with Gasteiger partial charge in [0, 0.05) is 30.2 Å². The number of nitrogens with zero attached hydrogens (tertiary/aromatic N) is 2. The van der Waals surface area contributed by atoms with Crippen LogP contribution in [0.15, 0.2) is 22.8 Å². The maximum Gasteiger partial charge on any atom is 0.245 e. The number of likely N-dealkylation sites (N-methyl/N-ethyl adjacent to an activating group) is 1. The van der Waals surface area contributed by atoms with Gasteiger partial charge in [-0.05, 0) is 35.0 Å². The van der Waals surface area contributed by atoms with E-state index in [4.69, 9.17) is 5.73 Å². The van der Waals surface area contributed by atoms with Crippen molar-refractivity contribution in [3.05, 3.63) is 22.8 Å². The van der Waals surface area contributed by atoms with Crippen LogP contribution < -0.4 is 11.1 Å². The molecule has 7 heteroatoms. The van der Waals surface area contributed by atoms with Gasteiger partial charge in [0.15, 0.2) is 0 Å². The number of amides is 2. The highest BCUT2D eigenvalue weighted by molar-refractivity contribution is 9.10. The highest BCUT2D eigenvalue weighted by Crippen LogP contribution is 2.10. The predicted molar refractivity (Wildman–Crippen MR) is 76.5 cm³/mol. The van der Waals surface area contributed by atoms with Crippen LogP contribution >= 0.6 is 15.9 Å². The van der Waals surface area contributed by atoms with Crippen LogP contribution in [0.1, 0.15) is 13.3 Å². The van der Waals surface area contributed by atoms with Crippen LogP contribution in [-0.2, 0) is 9.59 Å². The van der Waals surface area contributed by atoms with Gasteiger partial charge in [-0.25, -0.2) is 4.98 Å². The molecule has 2 amide bonds. The number of anilines is 1. The molecule has 0 saturated carbocycles. The second kappa shape index (κ2) is 7.20. The van der Waals surface area contributed by atoms with Crippen LogP contribution in [0.25, 0.3) is 0 Å². The number of rotatable bonds is 5. The van der Waals surface area contributed by atoms with E-state index in [1.165, 1.54) is 4.90 Å². The Morgan fingerprint density at radius 2 is 2.21 bits per heavy atom. The molecule has 3 N–H and O–H groups in total. The number of carbonyl (C=O) groups is 2. The fourth-order valence-electron chi connectivity index (χ4n) is 1.37. The Hall–Kier alpha value is -1.47. The fourth-order valence-corrected chi connectivity index (χ4v) is 1.60. The van der Waals surface area contributed by atoms with Crippen LogP contribution in [0.3, 0.4) is 0 Å². The van der Waals surface area contributed by atoms with Gasteiger partial charge in [-0.15, -0.1) is 0 Å². The van der Waals surface area contributed by atoms with Crippen molar-refractivity contribution >= 4 is 33.6 Å². The molecular weight excluding hydrogens is 312 g/mol. The summed E-state index contributed by atoms with van der Waals surface area (Å²) in [6.07, 6.45) is 1.81. The molecule has 0 fully saturated rings. The molecule has 0 radical (unpaired) electrons. The molecule has 0 bridgehead atoms. The van der Waals surface area contributed by atoms with Crippen LogP contribution in [0.2, 0.25) is 0 Å². The maximum atomic E-state index is 11.7. The predicted octanol–water partition coefficient (Wildman–Crippen LogP) is 0.978. The summed E-state index contributed by atoms with van der Waals surface area (Å²) in [5, 5.41) is 2.61. The zero-order valence-corrected chi connectivity index (χ0v) is 12.5. The van der Waals surface area contributed by atoms with E-state index in [0.29, 0.717) is 5.82 Å². The first-order valence-electron chi connectivity index (χ1n) is 5.79. The number of nitrogens with one attached hydrogen (secondary N) is 1. The van der Waals surface area contributed by atoms with Gasteiger partial charge in [-0.1, -0.05) is 0 Å². The van der Waals surface area contributed by atoms with Crippen molar-refractivity contribution in [2.24, 2.45) is 5.73 Å². The molecule has 1 unspecified atom stereocenters. The highest BCUT2D eigenvalue weighted by Gasteiger charge is 2.14. The fraction of sp³-hybridized carbons (Fsp3) is 0.417. The van der Waals surface area contributed by atoms with E-state index < -0.39 is 0 Å². The van der Waals surface area contributed by atoms with Gasteiger partial charge in [0.2, 0.25) is 11.8 Å². The van der Waals surface area contributed by atoms with Crippen molar-refractivity contribution in [3.63, 3.8) is 0 Å². The highest BCUT2D eigenvalue weighted by atomic mass is 79.9. The Morgan fingerprint density at radius 3 is 2.74 bits per heavy atom. The van der Waals surface area contributed by atoms with Gasteiger partial charge in [0.1, 0.15) is 5.82 Å². The number of hydrogen-bond donors (Lipinski definition) is 2. The summed E-state index contributed by atoms with van der Waals surface area (Å²) in [4.78, 5) is 28.7. The molecular formula is C12H17BrN4O2. The second-order valence-corrected chi connectivity index (χ2v) is 5.26. The zero-order chi connectivity index (χ0) is 14.4. The maximum absolute atomic E-state index is 11.7. The van der Waals surface area contributed by atoms with E-state index >= 15 is 0 Å². The van der Waals surface area contributed by atoms with Gasteiger partial charge in [0.25, 0.3) is 0 Å². The van der Waals surface area contributed by atoms with Crippen molar-refractivity contribution < 1.29 is 9.59 Å². The number of nitrogens with two attached hydrogens (primary N) is 1. The molecule has 1 aromatic rings. The zero-order valence-electron chi connectivity index (χ0n) is 10.9. The molecule has 1 atom stereocenters. The third-order valence-corrected chi connectivity index (χ3v) is 2.77. The summed E-state index contributed by atoms with van der Waals surface area (Å²) in [7, 11) is 1.57. The van der Waals surface area contributed by atoms with E-state index in [-0.39, 0.29) is 30.8 Å². The summed E-state index contributed by atoms with van der Waals surface area (Å²) in [5.41, 5.74) is 5.54. The third kappa shape index (κ3) is 5.80. The molecule has 0 aromatic carbocycles. The standard InChI is InChI=1S/C12H17BrN4O2/c1-8(14)5-12(19)17(2)7-11(18)16-10-4-3-9(13)6-15-10/h3-4,6,8H,5,7,14H2,1-2H3,(H,15,16,18). The van der Waals surface area contributed by atoms with E-state index in [1.807, 2.05) is 0 Å². The summed E-state index contributed by atoms with van der Waals surface area (Å²) in [6.45, 7) is 1.72. The Bertz CT molecular complexity index is 448. The summed E-state index contributed by atoms with van der Waals surface area (Å²) in [6, 6.07) is 3.23. The van der Waals surface area contributed by atoms with Gasteiger partial charge in [-0.2, -0.15) is 0 Å². The van der Waals surface area contributed by atoms with E-state index in [1.54, 1.807) is 32.3 Å². The number of pyridine rings is 1. The van der Waals surface area contributed by atoms with Crippen LogP contribution in [0, 0.1) is 0 Å². The molecule has 19 heavy (non-hydrogen) atoms. The molecule has 1 heterocycles. The lowest BCUT2D eigenvalue weighted by Crippen LogP contribution is -2.37. The second-order valence-electron chi connectivity index (χ2n) is 4.34. The summed E-state index contributed by atoms with van der Waals surface area (Å²) < 4.78 is 0.828. The average molecular weight is 329 g/mol. The Morgan fingerprint density at radius 1 is 1.53 bits per heavy atom. The quantitative estimate of drug-likeness (QED) is 0.843. The minimum absolute atomic E-state index is 0.0245. The molecule has 0 spiro atoms. The van der Waals surface area contributed by atoms with Crippen molar-refractivity contribution in [2.75, 3.05) is 18.9 Å². The van der Waals surface area contributed by atoms with Crippen molar-refractivity contribution in [3.8, 4) is 0 Å². The molecule has 0 aliphatic heterocycles. The Kier molecular flexibility index (Phi) is 5.91. The van der Waals surface area contributed by atoms with Crippen LogP contribution in [0.4, 0.5) is 5.82 Å². The topological polar surface area (TPSA) is 88.3 Å². The van der Waals surface area contributed by atoms with Gasteiger partial charge < -0.3 is 16.0 Å². The summed E-state index contributed by atoms with van der Waals surface area (Å²) in [5.74, 6) is -0.00879. The normalized spacial score (nSPS) is 11.8. The van der Waals surface area contributed by atoms with Crippen molar-refractivity contribution in [1.82, 2.24) is 9.88 Å². The summed E-state index contributed by atoms with van der Waals surface area (Å²) >= 11 is 3.25. The number of carbonyl (C=O) groups excluding carboxylic acids is 2. The molecule has 104 valence electrons. The lowest BCUT2D eigenvalue weighted by atomic mass is 10.2. The first-order chi connectivity index (χ1) is 8.88. The van der Waals surface area contributed by atoms with Crippen LogP contribution in [-0.4, -0.2) is 41.3 Å². The molecule has 0 aliphatic rings. The molecule has 1 rings (SSSR count). The third-order valence-electron chi connectivity index (χ3n) is 2.30. The van der Waals surface area contributed by atoms with Crippen molar-refractivity contribution in [2.45, 2.75) is 19.4 Å². The minimum atomic E-state index is -0.296. The molecule has 0 saturated heterocycles. The van der Waals surface area contributed by atoms with Gasteiger partial charge in [-0.3, -0.25) is 9.59 Å². The first kappa shape index (κ1) is 15.6. The lowest BCUT2D eigenvalue weighted by Gasteiger charge is -2.17. The average Bonchev–Trinajstić information content (AvgIpc) is 2.31. The van der Waals surface area contributed by atoms with Gasteiger partial charge in [0.05, 0.1) is 6.54 Å². The van der Waals surface area contributed by atoms with Gasteiger partial charge >= 0.3 is 0 Å². The van der Waals surface area contributed by atoms with Crippen molar-refractivity contribution in [1.29, 1.82) is 0 Å². The van der Waals surface area contributed by atoms with E-state index in [9.17, 15) is 9.59 Å². The first-order valence-corrected chi connectivity index (χ1v) is 6.58.